The summed E-state index contributed by atoms with van der Waals surface area (Å²) in [6.07, 6.45) is 2.48. The number of carbonyl (C=O) groups is 1. The van der Waals surface area contributed by atoms with E-state index in [-0.39, 0.29) is 11.2 Å². The summed E-state index contributed by atoms with van der Waals surface area (Å²) in [7, 11) is 0. The minimum absolute atomic E-state index is 0.127. The molecule has 0 aliphatic carbocycles. The summed E-state index contributed by atoms with van der Waals surface area (Å²) in [6.45, 7) is 0.574. The number of amides is 1. The van der Waals surface area contributed by atoms with E-state index in [9.17, 15) is 4.79 Å². The highest BCUT2D eigenvalue weighted by Gasteiger charge is 2.08. The van der Waals surface area contributed by atoms with Gasteiger partial charge in [-0.1, -0.05) is 0 Å². The summed E-state index contributed by atoms with van der Waals surface area (Å²) < 4.78 is 0. The summed E-state index contributed by atoms with van der Waals surface area (Å²) in [5, 5.41) is 3.18. The number of nitrogens with zero attached hydrogens (tertiary/aromatic N) is 3. The zero-order valence-corrected chi connectivity index (χ0v) is 9.66. The predicted molar refractivity (Wildman–Crippen MR) is 63.6 cm³/mol. The smallest absolute Gasteiger partial charge is 0.226 e. The largest absolute Gasteiger partial charge is 0.370 e. The van der Waals surface area contributed by atoms with Crippen molar-refractivity contribution in [2.24, 2.45) is 5.73 Å². The van der Waals surface area contributed by atoms with Crippen LogP contribution in [0.4, 0.5) is 5.82 Å². The average Bonchev–Trinajstić information content (AvgIpc) is 2.71. The highest BCUT2D eigenvalue weighted by atomic mass is 35.5. The van der Waals surface area contributed by atoms with Gasteiger partial charge in [-0.2, -0.15) is 9.97 Å². The molecule has 2 aromatic heterocycles. The number of halogens is 1. The van der Waals surface area contributed by atoms with Crippen LogP contribution in [0.5, 0.6) is 0 Å². The molecule has 0 saturated carbocycles. The van der Waals surface area contributed by atoms with Crippen LogP contribution in [-0.4, -0.2) is 32.4 Å². The van der Waals surface area contributed by atoms with E-state index >= 15 is 0 Å². The molecule has 17 heavy (non-hydrogen) atoms. The third kappa shape index (κ3) is 2.82. The number of primary amides is 1. The van der Waals surface area contributed by atoms with E-state index in [1.165, 1.54) is 6.33 Å². The van der Waals surface area contributed by atoms with Crippen molar-refractivity contribution in [2.75, 3.05) is 11.9 Å². The fourth-order valence-electron chi connectivity index (χ4n) is 1.40. The van der Waals surface area contributed by atoms with Crippen molar-refractivity contribution in [3.63, 3.8) is 0 Å². The number of carbonyl (C=O) groups excluding carboxylic acids is 1. The molecule has 0 spiro atoms. The molecule has 0 aromatic carbocycles. The summed E-state index contributed by atoms with van der Waals surface area (Å²) in [5.41, 5.74) is 6.23. The van der Waals surface area contributed by atoms with E-state index in [0.717, 1.165) is 0 Å². The maximum Gasteiger partial charge on any atom is 0.226 e. The molecule has 2 heterocycles. The van der Waals surface area contributed by atoms with Crippen molar-refractivity contribution >= 4 is 34.5 Å². The van der Waals surface area contributed by atoms with Gasteiger partial charge >= 0.3 is 0 Å². The molecule has 0 aliphatic heterocycles. The lowest BCUT2D eigenvalue weighted by molar-refractivity contribution is -0.118. The Balaban J connectivity index is 2.07. The van der Waals surface area contributed by atoms with Crippen molar-refractivity contribution in [3.05, 3.63) is 11.6 Å². The first-order chi connectivity index (χ1) is 8.16. The topological polar surface area (TPSA) is 110 Å². The van der Waals surface area contributed by atoms with Crippen molar-refractivity contribution in [3.8, 4) is 0 Å². The molecule has 90 valence electrons. The first-order valence-corrected chi connectivity index (χ1v) is 5.43. The van der Waals surface area contributed by atoms with Crippen LogP contribution in [0.1, 0.15) is 12.8 Å². The number of fused-ring (bicyclic) bond motifs is 1. The van der Waals surface area contributed by atoms with Crippen LogP contribution in [0.3, 0.4) is 0 Å². The van der Waals surface area contributed by atoms with Crippen LogP contribution in [-0.2, 0) is 4.79 Å². The van der Waals surface area contributed by atoms with Gasteiger partial charge in [-0.05, 0) is 18.0 Å². The first kappa shape index (κ1) is 11.6. The van der Waals surface area contributed by atoms with Gasteiger partial charge < -0.3 is 16.0 Å². The molecule has 0 bridgehead atoms. The van der Waals surface area contributed by atoms with Crippen LogP contribution < -0.4 is 11.1 Å². The molecule has 8 heteroatoms. The number of imidazole rings is 1. The number of H-pyrrole nitrogens is 1. The molecule has 4 N–H and O–H groups in total. The van der Waals surface area contributed by atoms with Crippen LogP contribution in [0, 0.1) is 0 Å². The van der Waals surface area contributed by atoms with Crippen molar-refractivity contribution in [2.45, 2.75) is 12.8 Å². The summed E-state index contributed by atoms with van der Waals surface area (Å²) in [5.74, 6) is 0.251. The predicted octanol–water partition coefficient (Wildman–Crippen LogP) is 0.684. The Bertz CT molecular complexity index is 539. The third-order valence-electron chi connectivity index (χ3n) is 2.15. The Morgan fingerprint density at radius 1 is 1.53 bits per heavy atom. The normalized spacial score (nSPS) is 10.6. The highest BCUT2D eigenvalue weighted by molar-refractivity contribution is 6.28. The number of hydrogen-bond donors (Lipinski definition) is 3. The van der Waals surface area contributed by atoms with Crippen LogP contribution in [0.25, 0.3) is 11.2 Å². The first-order valence-electron chi connectivity index (χ1n) is 5.05. The molecular weight excluding hydrogens is 244 g/mol. The lowest BCUT2D eigenvalue weighted by Crippen LogP contribution is -2.13. The summed E-state index contributed by atoms with van der Waals surface area (Å²) >= 11 is 5.75. The minimum atomic E-state index is -0.320. The van der Waals surface area contributed by atoms with Gasteiger partial charge in [0, 0.05) is 13.0 Å². The van der Waals surface area contributed by atoms with Crippen LogP contribution >= 0.6 is 11.6 Å². The van der Waals surface area contributed by atoms with Gasteiger partial charge in [0.15, 0.2) is 11.5 Å². The Morgan fingerprint density at radius 3 is 3.12 bits per heavy atom. The Kier molecular flexibility index (Phi) is 3.38. The Hall–Kier alpha value is -1.89. The molecule has 0 radical (unpaired) electrons. The van der Waals surface area contributed by atoms with E-state index in [1.807, 2.05) is 0 Å². The van der Waals surface area contributed by atoms with Gasteiger partial charge in [0.05, 0.1) is 6.33 Å². The average molecular weight is 255 g/mol. The van der Waals surface area contributed by atoms with Crippen LogP contribution in [0.2, 0.25) is 5.28 Å². The standard InChI is InChI=1S/C9H11ClN6O/c10-9-15-7(12-3-1-2-5(11)17)6-8(16-9)14-4-13-6/h4H,1-3H2,(H2,11,17)(H2,12,13,14,15,16). The maximum absolute atomic E-state index is 10.6. The van der Waals surface area contributed by atoms with E-state index in [2.05, 4.69) is 25.3 Å². The fraction of sp³-hybridized carbons (Fsp3) is 0.333. The van der Waals surface area contributed by atoms with Gasteiger partial charge in [-0.3, -0.25) is 4.79 Å². The fourth-order valence-corrected chi connectivity index (χ4v) is 1.57. The lowest BCUT2D eigenvalue weighted by Gasteiger charge is -2.05. The number of aromatic nitrogens is 4. The van der Waals surface area contributed by atoms with Crippen molar-refractivity contribution in [1.29, 1.82) is 0 Å². The van der Waals surface area contributed by atoms with Gasteiger partial charge in [0.2, 0.25) is 11.2 Å². The number of nitrogens with one attached hydrogen (secondary N) is 2. The molecule has 0 fully saturated rings. The molecule has 7 nitrogen and oxygen atoms in total. The number of hydrogen-bond acceptors (Lipinski definition) is 5. The second-order valence-electron chi connectivity index (χ2n) is 3.44. The minimum Gasteiger partial charge on any atom is -0.370 e. The number of rotatable bonds is 5. The molecule has 1 amide bonds. The van der Waals surface area contributed by atoms with Gasteiger partial charge in [-0.15, -0.1) is 0 Å². The monoisotopic (exact) mass is 254 g/mol. The van der Waals surface area contributed by atoms with E-state index in [4.69, 9.17) is 17.3 Å². The zero-order chi connectivity index (χ0) is 12.3. The number of aromatic amines is 1. The number of nitrogens with two attached hydrogens (primary N) is 1. The molecule has 2 aromatic rings. The molecule has 0 unspecified atom stereocenters. The van der Waals surface area contributed by atoms with Crippen molar-refractivity contribution in [1.82, 2.24) is 19.9 Å². The second kappa shape index (κ2) is 4.96. The summed E-state index contributed by atoms with van der Waals surface area (Å²) in [4.78, 5) is 25.5. The molecule has 2 rings (SSSR count). The Labute approximate surface area is 102 Å². The molecular formula is C9H11ClN6O. The maximum atomic E-state index is 10.6. The van der Waals surface area contributed by atoms with E-state index in [0.29, 0.717) is 36.4 Å². The number of anilines is 1. The zero-order valence-electron chi connectivity index (χ0n) is 8.90. The van der Waals surface area contributed by atoms with Gasteiger partial charge in [-0.25, -0.2) is 4.98 Å². The van der Waals surface area contributed by atoms with Gasteiger partial charge in [0.1, 0.15) is 5.52 Å². The quantitative estimate of drug-likeness (QED) is 0.537. The molecule has 0 saturated heterocycles. The Morgan fingerprint density at radius 2 is 2.35 bits per heavy atom. The van der Waals surface area contributed by atoms with E-state index in [1.54, 1.807) is 0 Å². The van der Waals surface area contributed by atoms with Gasteiger partial charge in [0.25, 0.3) is 0 Å². The lowest BCUT2D eigenvalue weighted by atomic mass is 10.3. The molecule has 0 atom stereocenters. The second-order valence-corrected chi connectivity index (χ2v) is 3.78. The summed E-state index contributed by atoms with van der Waals surface area (Å²) in [6, 6.07) is 0. The highest BCUT2D eigenvalue weighted by Crippen LogP contribution is 2.18. The van der Waals surface area contributed by atoms with E-state index < -0.39 is 0 Å². The van der Waals surface area contributed by atoms with Crippen LogP contribution in [0.15, 0.2) is 6.33 Å². The van der Waals surface area contributed by atoms with Crippen molar-refractivity contribution < 1.29 is 4.79 Å². The SMILES string of the molecule is NC(=O)CCCNc1nc(Cl)nc2nc[nH]c12. The third-order valence-corrected chi connectivity index (χ3v) is 2.32. The molecule has 0 aliphatic rings.